The summed E-state index contributed by atoms with van der Waals surface area (Å²) in [5.74, 6) is 0.580. The lowest BCUT2D eigenvalue weighted by Crippen LogP contribution is -2.41. The van der Waals surface area contributed by atoms with Crippen LogP contribution in [-0.4, -0.2) is 48.5 Å². The number of piperidine rings is 1. The van der Waals surface area contributed by atoms with Crippen LogP contribution < -0.4 is 0 Å². The summed E-state index contributed by atoms with van der Waals surface area (Å²) < 4.78 is 4.98. The molecule has 0 atom stereocenters. The minimum Gasteiger partial charge on any atom is -0.466 e. The van der Waals surface area contributed by atoms with Crippen molar-refractivity contribution in [1.29, 1.82) is 0 Å². The molecule has 1 rings (SSSR count). The highest BCUT2D eigenvalue weighted by Crippen LogP contribution is 2.19. The van der Waals surface area contributed by atoms with Gasteiger partial charge in [0.15, 0.2) is 0 Å². The number of nitrogens with zero attached hydrogens (tertiary/aromatic N) is 1. The molecule has 5 heteroatoms. The average molecular weight is 245 g/mol. The summed E-state index contributed by atoms with van der Waals surface area (Å²) in [6.07, 6.45) is 3.39. The second kappa shape index (κ2) is 6.78. The molecule has 1 aliphatic rings. The number of esters is 1. The highest BCUT2D eigenvalue weighted by atomic mass is 32.2. The lowest BCUT2D eigenvalue weighted by molar-refractivity contribution is -0.151. The first kappa shape index (κ1) is 13.4. The fraction of sp³-hybridized carbons (Fsp3) is 0.818. The second-order valence-electron chi connectivity index (χ2n) is 3.84. The molecule has 1 aliphatic heterocycles. The van der Waals surface area contributed by atoms with E-state index in [-0.39, 0.29) is 17.8 Å². The van der Waals surface area contributed by atoms with Crippen molar-refractivity contribution >= 4 is 23.6 Å². The largest absolute Gasteiger partial charge is 0.466 e. The number of thioether (sulfide) groups is 1. The van der Waals surface area contributed by atoms with Gasteiger partial charge in [0, 0.05) is 13.1 Å². The third-order valence-corrected chi connectivity index (χ3v) is 3.27. The Morgan fingerprint density at radius 3 is 2.50 bits per heavy atom. The molecule has 0 N–H and O–H groups in total. The fourth-order valence-electron chi connectivity index (χ4n) is 1.84. The van der Waals surface area contributed by atoms with Crippen LogP contribution in [0, 0.1) is 5.92 Å². The summed E-state index contributed by atoms with van der Waals surface area (Å²) in [6.45, 7) is 3.62. The summed E-state index contributed by atoms with van der Waals surface area (Å²) in [5, 5.41) is 0. The normalized spacial score (nSPS) is 17.2. The smallest absolute Gasteiger partial charge is 0.309 e. The van der Waals surface area contributed by atoms with Crippen molar-refractivity contribution in [1.82, 2.24) is 4.90 Å². The molecule has 4 nitrogen and oxygen atoms in total. The molecule has 0 saturated carbocycles. The zero-order valence-electron chi connectivity index (χ0n) is 9.90. The third-order valence-electron chi connectivity index (χ3n) is 2.74. The summed E-state index contributed by atoms with van der Waals surface area (Å²) in [5.41, 5.74) is 0. The number of hydrogen-bond acceptors (Lipinski definition) is 4. The van der Waals surface area contributed by atoms with Gasteiger partial charge in [0.25, 0.3) is 0 Å². The van der Waals surface area contributed by atoms with Crippen LogP contribution in [0.5, 0.6) is 0 Å². The third kappa shape index (κ3) is 3.70. The SMILES string of the molecule is CCOC(=O)C1CCN(C(=O)CSC)CC1. The summed E-state index contributed by atoms with van der Waals surface area (Å²) >= 11 is 1.54. The van der Waals surface area contributed by atoms with Crippen molar-refractivity contribution in [2.24, 2.45) is 5.92 Å². The van der Waals surface area contributed by atoms with E-state index in [9.17, 15) is 9.59 Å². The van der Waals surface area contributed by atoms with Crippen LogP contribution in [0.1, 0.15) is 19.8 Å². The zero-order chi connectivity index (χ0) is 12.0. The quantitative estimate of drug-likeness (QED) is 0.697. The zero-order valence-corrected chi connectivity index (χ0v) is 10.7. The van der Waals surface area contributed by atoms with Gasteiger partial charge in [-0.05, 0) is 26.0 Å². The van der Waals surface area contributed by atoms with Crippen LogP contribution >= 0.6 is 11.8 Å². The maximum absolute atomic E-state index is 11.6. The van der Waals surface area contributed by atoms with E-state index in [2.05, 4.69) is 0 Å². The molecule has 1 amide bonds. The molecule has 0 bridgehead atoms. The Morgan fingerprint density at radius 1 is 1.38 bits per heavy atom. The maximum atomic E-state index is 11.6. The monoisotopic (exact) mass is 245 g/mol. The van der Waals surface area contributed by atoms with Crippen LogP contribution in [0.25, 0.3) is 0 Å². The summed E-state index contributed by atoms with van der Waals surface area (Å²) in [7, 11) is 0. The molecule has 92 valence electrons. The minimum absolute atomic E-state index is 0.0155. The molecule has 0 unspecified atom stereocenters. The Morgan fingerprint density at radius 2 is 2.00 bits per heavy atom. The molecule has 0 radical (unpaired) electrons. The average Bonchev–Trinajstić information content (AvgIpc) is 2.30. The van der Waals surface area contributed by atoms with E-state index >= 15 is 0 Å². The van der Waals surface area contributed by atoms with Crippen molar-refractivity contribution in [3.05, 3.63) is 0 Å². The summed E-state index contributed by atoms with van der Waals surface area (Å²) in [4.78, 5) is 24.9. The van der Waals surface area contributed by atoms with E-state index in [1.165, 1.54) is 11.8 Å². The predicted octanol–water partition coefficient (Wildman–Crippen LogP) is 1.15. The lowest BCUT2D eigenvalue weighted by atomic mass is 9.97. The van der Waals surface area contributed by atoms with Crippen LogP contribution in [0.2, 0.25) is 0 Å². The molecule has 0 spiro atoms. The van der Waals surface area contributed by atoms with Crippen molar-refractivity contribution in [3.63, 3.8) is 0 Å². The number of carbonyl (C=O) groups excluding carboxylic acids is 2. The first-order valence-electron chi connectivity index (χ1n) is 5.62. The topological polar surface area (TPSA) is 46.6 Å². The van der Waals surface area contributed by atoms with Crippen LogP contribution in [-0.2, 0) is 14.3 Å². The van der Waals surface area contributed by atoms with Crippen molar-refractivity contribution in [2.45, 2.75) is 19.8 Å². The molecule has 1 saturated heterocycles. The maximum Gasteiger partial charge on any atom is 0.309 e. The number of ether oxygens (including phenoxy) is 1. The Bertz CT molecular complexity index is 224. The van der Waals surface area contributed by atoms with Gasteiger partial charge in [0.2, 0.25) is 5.91 Å². The van der Waals surface area contributed by atoms with E-state index in [0.29, 0.717) is 25.4 Å². The molecule has 0 aromatic carbocycles. The number of carbonyl (C=O) groups is 2. The van der Waals surface area contributed by atoms with Gasteiger partial charge in [-0.2, -0.15) is 11.8 Å². The first-order valence-corrected chi connectivity index (χ1v) is 7.01. The standard InChI is InChI=1S/C11H19NO3S/c1-3-15-11(14)9-4-6-12(7-5-9)10(13)8-16-2/h9H,3-8H2,1-2H3. The highest BCUT2D eigenvalue weighted by Gasteiger charge is 2.27. The van der Waals surface area contributed by atoms with Gasteiger partial charge in [-0.15, -0.1) is 0 Å². The number of amides is 1. The summed E-state index contributed by atoms with van der Waals surface area (Å²) in [6, 6.07) is 0. The number of rotatable bonds is 4. The minimum atomic E-state index is -0.112. The van der Waals surface area contributed by atoms with Crippen molar-refractivity contribution in [2.75, 3.05) is 31.7 Å². The van der Waals surface area contributed by atoms with E-state index in [1.54, 1.807) is 0 Å². The van der Waals surface area contributed by atoms with Crippen molar-refractivity contribution < 1.29 is 14.3 Å². The van der Waals surface area contributed by atoms with Gasteiger partial charge in [-0.1, -0.05) is 0 Å². The Balaban J connectivity index is 2.33. The molecule has 0 aromatic heterocycles. The van der Waals surface area contributed by atoms with Crippen molar-refractivity contribution in [3.8, 4) is 0 Å². The second-order valence-corrected chi connectivity index (χ2v) is 4.71. The van der Waals surface area contributed by atoms with Gasteiger partial charge in [-0.25, -0.2) is 0 Å². The Kier molecular flexibility index (Phi) is 5.66. The lowest BCUT2D eigenvalue weighted by Gasteiger charge is -2.30. The van der Waals surface area contributed by atoms with Gasteiger partial charge in [-0.3, -0.25) is 9.59 Å². The molecular formula is C11H19NO3S. The highest BCUT2D eigenvalue weighted by molar-refractivity contribution is 7.99. The van der Waals surface area contributed by atoms with E-state index < -0.39 is 0 Å². The number of hydrogen-bond donors (Lipinski definition) is 0. The van der Waals surface area contributed by atoms with Gasteiger partial charge >= 0.3 is 5.97 Å². The Hall–Kier alpha value is -0.710. The van der Waals surface area contributed by atoms with E-state index in [0.717, 1.165) is 12.8 Å². The van der Waals surface area contributed by atoms with Crippen LogP contribution in [0.3, 0.4) is 0 Å². The molecule has 16 heavy (non-hydrogen) atoms. The van der Waals surface area contributed by atoms with Crippen LogP contribution in [0.4, 0.5) is 0 Å². The van der Waals surface area contributed by atoms with Gasteiger partial charge in [0.05, 0.1) is 18.3 Å². The molecule has 0 aromatic rings. The predicted molar refractivity (Wildman–Crippen MR) is 64.3 cm³/mol. The van der Waals surface area contributed by atoms with E-state index in [1.807, 2.05) is 18.1 Å². The molecule has 1 fully saturated rings. The van der Waals surface area contributed by atoms with Gasteiger partial charge in [0.1, 0.15) is 0 Å². The molecule has 0 aliphatic carbocycles. The molecular weight excluding hydrogens is 226 g/mol. The van der Waals surface area contributed by atoms with E-state index in [4.69, 9.17) is 4.74 Å². The van der Waals surface area contributed by atoms with Crippen LogP contribution in [0.15, 0.2) is 0 Å². The van der Waals surface area contributed by atoms with Gasteiger partial charge < -0.3 is 9.64 Å². The first-order chi connectivity index (χ1) is 7.69. The molecule has 1 heterocycles. The number of likely N-dealkylation sites (tertiary alicyclic amines) is 1. The fourth-order valence-corrected chi connectivity index (χ4v) is 2.27. The Labute approximate surface area is 101 Å².